The molecular weight excluding hydrogens is 266 g/mol. The van der Waals surface area contributed by atoms with Crippen LogP contribution < -0.4 is 10.5 Å². The molecule has 5 heteroatoms. The minimum atomic E-state index is -0.161. The number of rotatable bonds is 6. The standard InChI is InChI=1S/C16H25N3O2/c1-16(15(17)18-20)8-11-19(12-9-16)10-5-13-21-14-6-3-2-4-7-14/h2-4,6-7,20H,5,8-13H2,1H3,(H2,17,18). The number of oxime groups is 1. The van der Waals surface area contributed by atoms with Crippen LogP contribution in [0.1, 0.15) is 26.2 Å². The first-order chi connectivity index (χ1) is 10.1. The highest BCUT2D eigenvalue weighted by atomic mass is 16.5. The molecule has 0 radical (unpaired) electrons. The number of likely N-dealkylation sites (tertiary alicyclic amines) is 1. The Balaban J connectivity index is 1.65. The van der Waals surface area contributed by atoms with Gasteiger partial charge in [0.1, 0.15) is 11.6 Å². The summed E-state index contributed by atoms with van der Waals surface area (Å²) in [5, 5.41) is 12.0. The normalized spacial score (nSPS) is 19.4. The number of para-hydroxylation sites is 1. The number of nitrogens with two attached hydrogens (primary N) is 1. The molecule has 0 spiro atoms. The van der Waals surface area contributed by atoms with Crippen molar-refractivity contribution in [3.8, 4) is 5.75 Å². The van der Waals surface area contributed by atoms with Gasteiger partial charge in [0.05, 0.1) is 6.61 Å². The zero-order valence-corrected chi connectivity index (χ0v) is 12.7. The second-order valence-corrected chi connectivity index (χ2v) is 5.90. The summed E-state index contributed by atoms with van der Waals surface area (Å²) in [5.41, 5.74) is 5.61. The van der Waals surface area contributed by atoms with Crippen molar-refractivity contribution in [1.29, 1.82) is 0 Å². The molecule has 0 amide bonds. The SMILES string of the molecule is CC1(/C(N)=N/O)CCN(CCCOc2ccccc2)CC1. The zero-order valence-electron chi connectivity index (χ0n) is 12.7. The number of hydrogen-bond donors (Lipinski definition) is 2. The van der Waals surface area contributed by atoms with Crippen LogP contribution in [-0.4, -0.2) is 42.2 Å². The van der Waals surface area contributed by atoms with Crippen molar-refractivity contribution in [2.24, 2.45) is 16.3 Å². The maximum absolute atomic E-state index is 8.83. The molecule has 0 saturated carbocycles. The van der Waals surface area contributed by atoms with E-state index in [2.05, 4.69) is 17.0 Å². The summed E-state index contributed by atoms with van der Waals surface area (Å²) < 4.78 is 5.69. The molecule has 0 aliphatic carbocycles. The lowest BCUT2D eigenvalue weighted by Gasteiger charge is -2.38. The van der Waals surface area contributed by atoms with E-state index in [-0.39, 0.29) is 5.41 Å². The van der Waals surface area contributed by atoms with E-state index >= 15 is 0 Å². The Hall–Kier alpha value is -1.75. The average molecular weight is 291 g/mol. The minimum absolute atomic E-state index is 0.161. The molecule has 1 heterocycles. The van der Waals surface area contributed by atoms with E-state index in [1.54, 1.807) is 0 Å². The highest BCUT2D eigenvalue weighted by Crippen LogP contribution is 2.30. The number of hydrogen-bond acceptors (Lipinski definition) is 4. The highest BCUT2D eigenvalue weighted by molar-refractivity contribution is 5.85. The van der Waals surface area contributed by atoms with Gasteiger partial charge in [-0.05, 0) is 44.5 Å². The zero-order chi connectivity index (χ0) is 15.1. The molecule has 21 heavy (non-hydrogen) atoms. The predicted octanol–water partition coefficient (Wildman–Crippen LogP) is 2.30. The topological polar surface area (TPSA) is 71.1 Å². The van der Waals surface area contributed by atoms with Crippen molar-refractivity contribution in [2.75, 3.05) is 26.2 Å². The number of piperidine rings is 1. The first-order valence-electron chi connectivity index (χ1n) is 7.52. The summed E-state index contributed by atoms with van der Waals surface area (Å²) in [6, 6.07) is 9.90. The van der Waals surface area contributed by atoms with Gasteiger partial charge in [-0.1, -0.05) is 30.3 Å². The van der Waals surface area contributed by atoms with Crippen LogP contribution in [-0.2, 0) is 0 Å². The van der Waals surface area contributed by atoms with Crippen molar-refractivity contribution >= 4 is 5.84 Å². The molecule has 1 fully saturated rings. The van der Waals surface area contributed by atoms with Crippen LogP contribution in [0.15, 0.2) is 35.5 Å². The van der Waals surface area contributed by atoms with E-state index < -0.39 is 0 Å². The fraction of sp³-hybridized carbons (Fsp3) is 0.562. The lowest BCUT2D eigenvalue weighted by Crippen LogP contribution is -2.45. The summed E-state index contributed by atoms with van der Waals surface area (Å²) in [5.74, 6) is 1.28. The molecule has 1 saturated heterocycles. The van der Waals surface area contributed by atoms with Crippen LogP contribution >= 0.6 is 0 Å². The third-order valence-corrected chi connectivity index (χ3v) is 4.32. The van der Waals surface area contributed by atoms with Gasteiger partial charge in [-0.2, -0.15) is 0 Å². The molecule has 3 N–H and O–H groups in total. The first kappa shape index (κ1) is 15.6. The summed E-state index contributed by atoms with van der Waals surface area (Å²) in [6.07, 6.45) is 2.88. The molecule has 1 aliphatic rings. The quantitative estimate of drug-likeness (QED) is 0.277. The van der Waals surface area contributed by atoms with Crippen LogP contribution in [0.5, 0.6) is 5.75 Å². The van der Waals surface area contributed by atoms with Crippen LogP contribution in [0, 0.1) is 5.41 Å². The summed E-state index contributed by atoms with van der Waals surface area (Å²) >= 11 is 0. The molecule has 0 atom stereocenters. The van der Waals surface area contributed by atoms with E-state index in [4.69, 9.17) is 15.7 Å². The Labute approximate surface area is 126 Å². The Kier molecular flexibility index (Phi) is 5.44. The Bertz CT molecular complexity index is 454. The smallest absolute Gasteiger partial charge is 0.145 e. The Morgan fingerprint density at radius 1 is 1.33 bits per heavy atom. The van der Waals surface area contributed by atoms with Crippen molar-refractivity contribution in [2.45, 2.75) is 26.2 Å². The molecule has 0 bridgehead atoms. The molecule has 1 aliphatic heterocycles. The van der Waals surface area contributed by atoms with Gasteiger partial charge in [-0.25, -0.2) is 0 Å². The second kappa shape index (κ2) is 7.31. The number of benzene rings is 1. The maximum atomic E-state index is 8.83. The number of amidine groups is 1. The molecule has 2 rings (SSSR count). The van der Waals surface area contributed by atoms with Gasteiger partial charge in [0.2, 0.25) is 0 Å². The van der Waals surface area contributed by atoms with Crippen LogP contribution in [0.4, 0.5) is 0 Å². The highest BCUT2D eigenvalue weighted by Gasteiger charge is 2.33. The van der Waals surface area contributed by atoms with E-state index in [9.17, 15) is 0 Å². The van der Waals surface area contributed by atoms with Gasteiger partial charge in [0.25, 0.3) is 0 Å². The van der Waals surface area contributed by atoms with Gasteiger partial charge < -0.3 is 20.6 Å². The fourth-order valence-electron chi connectivity index (χ4n) is 2.64. The maximum Gasteiger partial charge on any atom is 0.145 e. The average Bonchev–Trinajstić information content (AvgIpc) is 2.53. The van der Waals surface area contributed by atoms with Gasteiger partial charge in [-0.15, -0.1) is 0 Å². The van der Waals surface area contributed by atoms with Gasteiger partial charge in [-0.3, -0.25) is 0 Å². The van der Waals surface area contributed by atoms with Crippen molar-refractivity contribution in [1.82, 2.24) is 4.90 Å². The molecule has 0 unspecified atom stereocenters. The summed E-state index contributed by atoms with van der Waals surface area (Å²) in [4.78, 5) is 2.42. The number of ether oxygens (including phenoxy) is 1. The summed E-state index contributed by atoms with van der Waals surface area (Å²) in [6.45, 7) is 5.80. The lowest BCUT2D eigenvalue weighted by atomic mass is 9.79. The third-order valence-electron chi connectivity index (χ3n) is 4.32. The molecule has 1 aromatic carbocycles. The van der Waals surface area contributed by atoms with E-state index in [0.717, 1.165) is 51.3 Å². The largest absolute Gasteiger partial charge is 0.494 e. The Morgan fingerprint density at radius 2 is 2.00 bits per heavy atom. The lowest BCUT2D eigenvalue weighted by molar-refractivity contribution is 0.150. The molecular formula is C16H25N3O2. The monoisotopic (exact) mass is 291 g/mol. The Morgan fingerprint density at radius 3 is 2.62 bits per heavy atom. The van der Waals surface area contributed by atoms with Crippen molar-refractivity contribution < 1.29 is 9.94 Å². The third kappa shape index (κ3) is 4.36. The van der Waals surface area contributed by atoms with E-state index in [0.29, 0.717) is 5.84 Å². The van der Waals surface area contributed by atoms with Crippen LogP contribution in [0.25, 0.3) is 0 Å². The fourth-order valence-corrected chi connectivity index (χ4v) is 2.64. The molecule has 1 aromatic rings. The van der Waals surface area contributed by atoms with E-state index in [1.165, 1.54) is 0 Å². The van der Waals surface area contributed by atoms with Gasteiger partial charge >= 0.3 is 0 Å². The van der Waals surface area contributed by atoms with Crippen molar-refractivity contribution in [3.05, 3.63) is 30.3 Å². The minimum Gasteiger partial charge on any atom is -0.494 e. The summed E-state index contributed by atoms with van der Waals surface area (Å²) in [7, 11) is 0. The predicted molar refractivity (Wildman–Crippen MR) is 83.7 cm³/mol. The first-order valence-corrected chi connectivity index (χ1v) is 7.52. The number of nitrogens with zero attached hydrogens (tertiary/aromatic N) is 2. The molecule has 0 aromatic heterocycles. The van der Waals surface area contributed by atoms with Crippen LogP contribution in [0.2, 0.25) is 0 Å². The van der Waals surface area contributed by atoms with Crippen LogP contribution in [0.3, 0.4) is 0 Å². The second-order valence-electron chi connectivity index (χ2n) is 5.90. The van der Waals surface area contributed by atoms with Gasteiger partial charge in [0, 0.05) is 12.0 Å². The van der Waals surface area contributed by atoms with Crippen molar-refractivity contribution in [3.63, 3.8) is 0 Å². The van der Waals surface area contributed by atoms with E-state index in [1.807, 2.05) is 30.3 Å². The molecule has 5 nitrogen and oxygen atoms in total. The molecule has 116 valence electrons. The van der Waals surface area contributed by atoms with Gasteiger partial charge in [0.15, 0.2) is 0 Å².